The summed E-state index contributed by atoms with van der Waals surface area (Å²) in [5.41, 5.74) is 0.546. The second-order valence-corrected chi connectivity index (χ2v) is 4.79. The maximum absolute atomic E-state index is 5.35. The molecule has 0 spiro atoms. The van der Waals surface area contributed by atoms with E-state index in [4.69, 9.17) is 4.74 Å². The third-order valence-corrected chi connectivity index (χ3v) is 3.61. The zero-order valence-corrected chi connectivity index (χ0v) is 10.1. The van der Waals surface area contributed by atoms with Crippen LogP contribution in [0.2, 0.25) is 0 Å². The monoisotopic (exact) mass is 199 g/mol. The Labute approximate surface area is 88.4 Å². The molecule has 84 valence electrons. The number of nitrogens with one attached hydrogen (secondary N) is 1. The van der Waals surface area contributed by atoms with Crippen LogP contribution < -0.4 is 5.32 Å². The van der Waals surface area contributed by atoms with Crippen LogP contribution in [0.25, 0.3) is 0 Å². The van der Waals surface area contributed by atoms with E-state index in [1.807, 2.05) is 7.11 Å². The molecule has 0 radical (unpaired) electrons. The van der Waals surface area contributed by atoms with E-state index in [-0.39, 0.29) is 0 Å². The molecule has 0 heterocycles. The topological polar surface area (TPSA) is 21.3 Å². The molecule has 0 saturated heterocycles. The van der Waals surface area contributed by atoms with Crippen molar-refractivity contribution in [1.82, 2.24) is 5.32 Å². The number of methoxy groups -OCH3 is 1. The lowest BCUT2D eigenvalue weighted by Gasteiger charge is -2.26. The zero-order valence-electron chi connectivity index (χ0n) is 10.1. The molecule has 1 N–H and O–H groups in total. The van der Waals surface area contributed by atoms with E-state index in [1.54, 1.807) is 0 Å². The van der Waals surface area contributed by atoms with Crippen LogP contribution in [0.5, 0.6) is 0 Å². The molecule has 0 aromatic carbocycles. The summed E-state index contributed by atoms with van der Waals surface area (Å²) in [6.07, 6.45) is 5.59. The van der Waals surface area contributed by atoms with Gasteiger partial charge in [-0.1, -0.05) is 6.92 Å². The van der Waals surface area contributed by atoms with Gasteiger partial charge in [0.25, 0.3) is 0 Å². The first-order valence-electron chi connectivity index (χ1n) is 5.91. The molecule has 0 aliphatic heterocycles. The van der Waals surface area contributed by atoms with Crippen molar-refractivity contribution in [2.75, 3.05) is 13.7 Å². The predicted molar refractivity (Wildman–Crippen MR) is 60.5 cm³/mol. The molecular weight excluding hydrogens is 174 g/mol. The lowest BCUT2D eigenvalue weighted by molar-refractivity contribution is 0.0830. The predicted octanol–water partition coefficient (Wildman–Crippen LogP) is 2.58. The van der Waals surface area contributed by atoms with Gasteiger partial charge in [-0.3, -0.25) is 0 Å². The summed E-state index contributed by atoms with van der Waals surface area (Å²) in [7, 11) is 1.81. The minimum atomic E-state index is 0.406. The van der Waals surface area contributed by atoms with E-state index in [9.17, 15) is 0 Å². The zero-order chi connectivity index (χ0) is 10.6. The fraction of sp³-hybridized carbons (Fsp3) is 1.00. The van der Waals surface area contributed by atoms with E-state index in [1.165, 1.54) is 25.7 Å². The summed E-state index contributed by atoms with van der Waals surface area (Å²) in [5.74, 6) is 0. The number of rotatable bonds is 7. The molecule has 2 heteroatoms. The number of ether oxygens (including phenoxy) is 1. The van der Waals surface area contributed by atoms with Gasteiger partial charge in [0.15, 0.2) is 0 Å². The Kier molecular flexibility index (Phi) is 4.39. The molecule has 14 heavy (non-hydrogen) atoms. The summed E-state index contributed by atoms with van der Waals surface area (Å²) >= 11 is 0. The van der Waals surface area contributed by atoms with Gasteiger partial charge in [0.1, 0.15) is 0 Å². The maximum Gasteiger partial charge on any atom is 0.0549 e. The van der Waals surface area contributed by atoms with Crippen LogP contribution in [-0.2, 0) is 4.74 Å². The van der Waals surface area contributed by atoms with Crippen molar-refractivity contribution in [2.24, 2.45) is 5.41 Å². The van der Waals surface area contributed by atoms with Gasteiger partial charge in [0.05, 0.1) is 6.10 Å². The number of hydrogen-bond acceptors (Lipinski definition) is 2. The Morgan fingerprint density at radius 3 is 2.43 bits per heavy atom. The van der Waals surface area contributed by atoms with Crippen LogP contribution in [0.4, 0.5) is 0 Å². The molecule has 1 aliphatic rings. The normalized spacial score (nSPS) is 23.1. The molecule has 1 saturated carbocycles. The molecule has 1 fully saturated rings. The first-order chi connectivity index (χ1) is 6.64. The molecule has 2 nitrogen and oxygen atoms in total. The minimum Gasteiger partial charge on any atom is -0.382 e. The van der Waals surface area contributed by atoms with Crippen LogP contribution in [0, 0.1) is 5.41 Å². The first kappa shape index (κ1) is 12.0. The van der Waals surface area contributed by atoms with Gasteiger partial charge in [-0.2, -0.15) is 0 Å². The SMILES string of the molecule is CCCNC(C)C1(CC(C)OC)CC1. The summed E-state index contributed by atoms with van der Waals surface area (Å²) in [5, 5.41) is 3.61. The Morgan fingerprint density at radius 2 is 2.00 bits per heavy atom. The summed E-state index contributed by atoms with van der Waals surface area (Å²) in [4.78, 5) is 0. The largest absolute Gasteiger partial charge is 0.382 e. The second-order valence-electron chi connectivity index (χ2n) is 4.79. The molecule has 0 amide bonds. The molecule has 0 aromatic heterocycles. The van der Waals surface area contributed by atoms with Crippen LogP contribution in [0.3, 0.4) is 0 Å². The lowest BCUT2D eigenvalue weighted by atomic mass is 9.91. The van der Waals surface area contributed by atoms with E-state index in [0.29, 0.717) is 17.6 Å². The van der Waals surface area contributed by atoms with E-state index in [2.05, 4.69) is 26.1 Å². The fourth-order valence-electron chi connectivity index (χ4n) is 2.21. The van der Waals surface area contributed by atoms with Gasteiger partial charge in [-0.05, 0) is 51.5 Å². The smallest absolute Gasteiger partial charge is 0.0549 e. The third-order valence-electron chi connectivity index (χ3n) is 3.61. The van der Waals surface area contributed by atoms with Crippen molar-refractivity contribution in [3.63, 3.8) is 0 Å². The molecule has 1 rings (SSSR count). The highest BCUT2D eigenvalue weighted by Gasteiger charge is 2.47. The highest BCUT2D eigenvalue weighted by Crippen LogP contribution is 2.52. The van der Waals surface area contributed by atoms with Crippen molar-refractivity contribution in [1.29, 1.82) is 0 Å². The van der Waals surface area contributed by atoms with E-state index >= 15 is 0 Å². The average Bonchev–Trinajstić information content (AvgIpc) is 2.95. The van der Waals surface area contributed by atoms with Crippen molar-refractivity contribution in [3.8, 4) is 0 Å². The molecule has 0 aromatic rings. The van der Waals surface area contributed by atoms with Crippen LogP contribution >= 0.6 is 0 Å². The molecule has 1 aliphatic carbocycles. The quantitative estimate of drug-likeness (QED) is 0.680. The number of hydrogen-bond donors (Lipinski definition) is 1. The Hall–Kier alpha value is -0.0800. The van der Waals surface area contributed by atoms with Gasteiger partial charge in [-0.25, -0.2) is 0 Å². The second kappa shape index (κ2) is 5.13. The van der Waals surface area contributed by atoms with Gasteiger partial charge in [-0.15, -0.1) is 0 Å². The highest BCUT2D eigenvalue weighted by molar-refractivity contribution is 5.01. The van der Waals surface area contributed by atoms with Crippen molar-refractivity contribution in [2.45, 2.75) is 58.6 Å². The standard InChI is InChI=1S/C12H25NO/c1-5-8-13-11(3)12(6-7-12)9-10(2)14-4/h10-11,13H,5-9H2,1-4H3. The third kappa shape index (κ3) is 2.96. The molecule has 0 bridgehead atoms. The Balaban J connectivity index is 2.33. The summed E-state index contributed by atoms with van der Waals surface area (Å²) in [6.45, 7) is 7.86. The maximum atomic E-state index is 5.35. The van der Waals surface area contributed by atoms with Crippen LogP contribution in [0.15, 0.2) is 0 Å². The van der Waals surface area contributed by atoms with Crippen LogP contribution in [-0.4, -0.2) is 25.8 Å². The minimum absolute atomic E-state index is 0.406. The fourth-order valence-corrected chi connectivity index (χ4v) is 2.21. The van der Waals surface area contributed by atoms with Gasteiger partial charge < -0.3 is 10.1 Å². The Bertz CT molecular complexity index is 166. The van der Waals surface area contributed by atoms with Gasteiger partial charge in [0.2, 0.25) is 0 Å². The highest BCUT2D eigenvalue weighted by atomic mass is 16.5. The average molecular weight is 199 g/mol. The van der Waals surface area contributed by atoms with Crippen molar-refractivity contribution in [3.05, 3.63) is 0 Å². The van der Waals surface area contributed by atoms with Gasteiger partial charge in [0, 0.05) is 13.2 Å². The van der Waals surface area contributed by atoms with E-state index < -0.39 is 0 Å². The summed E-state index contributed by atoms with van der Waals surface area (Å²) in [6, 6.07) is 0.653. The van der Waals surface area contributed by atoms with Crippen molar-refractivity contribution >= 4 is 0 Å². The van der Waals surface area contributed by atoms with Crippen LogP contribution in [0.1, 0.15) is 46.5 Å². The molecular formula is C12H25NO. The summed E-state index contributed by atoms with van der Waals surface area (Å²) < 4.78 is 5.35. The van der Waals surface area contributed by atoms with Gasteiger partial charge >= 0.3 is 0 Å². The molecule has 2 unspecified atom stereocenters. The van der Waals surface area contributed by atoms with E-state index in [0.717, 1.165) is 6.54 Å². The Morgan fingerprint density at radius 1 is 1.36 bits per heavy atom. The first-order valence-corrected chi connectivity index (χ1v) is 5.91. The molecule has 2 atom stereocenters. The van der Waals surface area contributed by atoms with Crippen molar-refractivity contribution < 1.29 is 4.74 Å². The lowest BCUT2D eigenvalue weighted by Crippen LogP contribution is -2.37.